The van der Waals surface area contributed by atoms with E-state index in [2.05, 4.69) is 26.2 Å². The number of amides is 1. The molecule has 2 N–H and O–H groups in total. The molecule has 0 aliphatic rings. The minimum atomic E-state index is -0.0239. The molecular weight excluding hydrogens is 346 g/mol. The van der Waals surface area contributed by atoms with E-state index in [1.165, 1.54) is 0 Å². The molecule has 1 aromatic heterocycles. The second-order valence-electron chi connectivity index (χ2n) is 5.08. The highest BCUT2D eigenvalue weighted by atomic mass is 79.9. The number of rotatable bonds is 7. The van der Waals surface area contributed by atoms with Gasteiger partial charge in [-0.15, -0.1) is 0 Å². The molecule has 2 aromatic rings. The van der Waals surface area contributed by atoms with Crippen LogP contribution in [0.5, 0.6) is 5.75 Å². The monoisotopic (exact) mass is 365 g/mol. The van der Waals surface area contributed by atoms with Gasteiger partial charge >= 0.3 is 0 Å². The van der Waals surface area contributed by atoms with Gasteiger partial charge in [-0.25, -0.2) is 0 Å². The molecular formula is C16H20BrN3O2. The molecule has 118 valence electrons. The Bertz CT molecular complexity index is 625. The molecule has 0 saturated heterocycles. The lowest BCUT2D eigenvalue weighted by Crippen LogP contribution is -2.23. The summed E-state index contributed by atoms with van der Waals surface area (Å²) in [7, 11) is 3.47. The van der Waals surface area contributed by atoms with Crippen molar-refractivity contribution in [2.75, 3.05) is 27.2 Å². The van der Waals surface area contributed by atoms with Crippen LogP contribution in [-0.2, 0) is 6.54 Å². The van der Waals surface area contributed by atoms with E-state index < -0.39 is 0 Å². The first-order valence-electron chi connectivity index (χ1n) is 7.05. The van der Waals surface area contributed by atoms with Gasteiger partial charge in [0.25, 0.3) is 5.91 Å². The normalized spacial score (nSPS) is 10.5. The molecule has 0 aliphatic carbocycles. The number of halogens is 1. The Morgan fingerprint density at radius 3 is 2.86 bits per heavy atom. The standard InChI is InChI=1S/C16H20BrN3O2/c1-20(2)16(21)15-7-6-13(19-15)11-18-8-9-22-14-5-3-4-12(17)10-14/h3-7,10,18-19H,8-9,11H2,1-2H3. The number of carbonyl (C=O) groups is 1. The fraction of sp³-hybridized carbons (Fsp3) is 0.312. The van der Waals surface area contributed by atoms with Crippen molar-refractivity contribution in [3.05, 3.63) is 52.3 Å². The summed E-state index contributed by atoms with van der Waals surface area (Å²) in [5, 5.41) is 3.28. The van der Waals surface area contributed by atoms with Crippen molar-refractivity contribution in [2.24, 2.45) is 0 Å². The number of hydrogen-bond acceptors (Lipinski definition) is 3. The summed E-state index contributed by atoms with van der Waals surface area (Å²) in [5.41, 5.74) is 1.58. The summed E-state index contributed by atoms with van der Waals surface area (Å²) in [6.07, 6.45) is 0. The zero-order valence-corrected chi connectivity index (χ0v) is 14.3. The molecule has 0 radical (unpaired) electrons. The van der Waals surface area contributed by atoms with Gasteiger partial charge in [0.05, 0.1) is 0 Å². The maximum absolute atomic E-state index is 11.8. The van der Waals surface area contributed by atoms with Gasteiger partial charge in [0.2, 0.25) is 0 Å². The van der Waals surface area contributed by atoms with Gasteiger partial charge in [0.1, 0.15) is 18.1 Å². The molecule has 0 bridgehead atoms. The Balaban J connectivity index is 1.70. The van der Waals surface area contributed by atoms with Crippen molar-refractivity contribution in [1.29, 1.82) is 0 Å². The lowest BCUT2D eigenvalue weighted by Gasteiger charge is -2.08. The highest BCUT2D eigenvalue weighted by Crippen LogP contribution is 2.17. The van der Waals surface area contributed by atoms with Gasteiger partial charge in [-0.2, -0.15) is 0 Å². The molecule has 0 spiro atoms. The van der Waals surface area contributed by atoms with Gasteiger partial charge in [0.15, 0.2) is 0 Å². The van der Waals surface area contributed by atoms with E-state index in [4.69, 9.17) is 4.74 Å². The lowest BCUT2D eigenvalue weighted by molar-refractivity contribution is 0.0822. The molecule has 0 fully saturated rings. The average Bonchev–Trinajstić information content (AvgIpc) is 2.95. The molecule has 0 saturated carbocycles. The van der Waals surface area contributed by atoms with E-state index in [-0.39, 0.29) is 5.91 Å². The van der Waals surface area contributed by atoms with Crippen molar-refractivity contribution in [2.45, 2.75) is 6.54 Å². The molecule has 22 heavy (non-hydrogen) atoms. The summed E-state index contributed by atoms with van der Waals surface area (Å²) in [6, 6.07) is 11.5. The molecule has 1 amide bonds. The average molecular weight is 366 g/mol. The van der Waals surface area contributed by atoms with Crippen molar-refractivity contribution in [3.8, 4) is 5.75 Å². The van der Waals surface area contributed by atoms with Crippen LogP contribution in [0.15, 0.2) is 40.9 Å². The highest BCUT2D eigenvalue weighted by molar-refractivity contribution is 9.10. The largest absolute Gasteiger partial charge is 0.492 e. The summed E-state index contributed by atoms with van der Waals surface area (Å²) < 4.78 is 6.64. The van der Waals surface area contributed by atoms with E-state index >= 15 is 0 Å². The Hall–Kier alpha value is -1.79. The smallest absolute Gasteiger partial charge is 0.269 e. The summed E-state index contributed by atoms with van der Waals surface area (Å²) in [5.74, 6) is 0.819. The molecule has 0 aliphatic heterocycles. The number of carbonyl (C=O) groups excluding carboxylic acids is 1. The summed E-state index contributed by atoms with van der Waals surface area (Å²) >= 11 is 3.41. The quantitative estimate of drug-likeness (QED) is 0.741. The fourth-order valence-electron chi connectivity index (χ4n) is 1.93. The minimum absolute atomic E-state index is 0.0239. The zero-order chi connectivity index (χ0) is 15.9. The van der Waals surface area contributed by atoms with Crippen molar-refractivity contribution >= 4 is 21.8 Å². The number of hydrogen-bond donors (Lipinski definition) is 2. The Morgan fingerprint density at radius 2 is 2.14 bits per heavy atom. The van der Waals surface area contributed by atoms with Gasteiger partial charge in [-0.05, 0) is 30.3 Å². The summed E-state index contributed by atoms with van der Waals surface area (Å²) in [6.45, 7) is 1.98. The van der Waals surface area contributed by atoms with Crippen LogP contribution >= 0.6 is 15.9 Å². The molecule has 0 atom stereocenters. The van der Waals surface area contributed by atoms with Crippen molar-refractivity contribution < 1.29 is 9.53 Å². The number of benzene rings is 1. The highest BCUT2D eigenvalue weighted by Gasteiger charge is 2.09. The van der Waals surface area contributed by atoms with Crippen LogP contribution in [0.1, 0.15) is 16.2 Å². The number of H-pyrrole nitrogens is 1. The van der Waals surface area contributed by atoms with Crippen LogP contribution in [0.25, 0.3) is 0 Å². The fourth-order valence-corrected chi connectivity index (χ4v) is 2.31. The molecule has 0 unspecified atom stereocenters. The molecule has 1 aromatic carbocycles. The Labute approximate surface area is 138 Å². The third-order valence-corrected chi connectivity index (χ3v) is 3.54. The molecule has 6 heteroatoms. The Morgan fingerprint density at radius 1 is 1.32 bits per heavy atom. The number of aromatic nitrogens is 1. The van der Waals surface area contributed by atoms with Crippen molar-refractivity contribution in [3.63, 3.8) is 0 Å². The van der Waals surface area contributed by atoms with Crippen LogP contribution < -0.4 is 10.1 Å². The van der Waals surface area contributed by atoms with Gasteiger partial charge in [-0.3, -0.25) is 4.79 Å². The van der Waals surface area contributed by atoms with Crippen LogP contribution in [0.2, 0.25) is 0 Å². The predicted molar refractivity (Wildman–Crippen MR) is 90.2 cm³/mol. The SMILES string of the molecule is CN(C)C(=O)c1ccc(CNCCOc2cccc(Br)c2)[nH]1. The number of aromatic amines is 1. The first kappa shape index (κ1) is 16.6. The Kier molecular flexibility index (Phi) is 6.03. The maximum Gasteiger partial charge on any atom is 0.269 e. The third-order valence-electron chi connectivity index (χ3n) is 3.04. The van der Waals surface area contributed by atoms with E-state index in [9.17, 15) is 4.79 Å². The van der Waals surface area contributed by atoms with Gasteiger partial charge in [-0.1, -0.05) is 22.0 Å². The van der Waals surface area contributed by atoms with Crippen LogP contribution in [-0.4, -0.2) is 43.0 Å². The second-order valence-corrected chi connectivity index (χ2v) is 6.00. The number of nitrogens with one attached hydrogen (secondary N) is 2. The molecule has 1 heterocycles. The lowest BCUT2D eigenvalue weighted by atomic mass is 10.3. The minimum Gasteiger partial charge on any atom is -0.492 e. The second kappa shape index (κ2) is 8.00. The summed E-state index contributed by atoms with van der Waals surface area (Å²) in [4.78, 5) is 16.4. The maximum atomic E-state index is 11.8. The van der Waals surface area contributed by atoms with E-state index in [0.717, 1.165) is 22.5 Å². The van der Waals surface area contributed by atoms with E-state index in [1.807, 2.05) is 30.3 Å². The molecule has 2 rings (SSSR count). The van der Waals surface area contributed by atoms with E-state index in [1.54, 1.807) is 25.1 Å². The van der Waals surface area contributed by atoms with Gasteiger partial charge in [0, 0.05) is 37.4 Å². The topological polar surface area (TPSA) is 57.4 Å². The first-order chi connectivity index (χ1) is 10.6. The van der Waals surface area contributed by atoms with Crippen LogP contribution in [0.4, 0.5) is 0 Å². The number of ether oxygens (including phenoxy) is 1. The van der Waals surface area contributed by atoms with Crippen LogP contribution in [0.3, 0.4) is 0 Å². The first-order valence-corrected chi connectivity index (χ1v) is 7.84. The van der Waals surface area contributed by atoms with Gasteiger partial charge < -0.3 is 19.9 Å². The van der Waals surface area contributed by atoms with Crippen molar-refractivity contribution in [1.82, 2.24) is 15.2 Å². The number of nitrogens with zero attached hydrogens (tertiary/aromatic N) is 1. The van der Waals surface area contributed by atoms with E-state index in [0.29, 0.717) is 18.8 Å². The van der Waals surface area contributed by atoms with Crippen LogP contribution in [0, 0.1) is 0 Å². The third kappa shape index (κ3) is 4.89. The molecule has 5 nitrogen and oxygen atoms in total. The zero-order valence-electron chi connectivity index (χ0n) is 12.7. The predicted octanol–water partition coefficient (Wildman–Crippen LogP) is 2.65.